The van der Waals surface area contributed by atoms with Gasteiger partial charge >= 0.3 is 0 Å². The highest BCUT2D eigenvalue weighted by molar-refractivity contribution is 7.89. The molecule has 29 heavy (non-hydrogen) atoms. The van der Waals surface area contributed by atoms with Crippen LogP contribution in [0.3, 0.4) is 0 Å². The van der Waals surface area contributed by atoms with E-state index in [4.69, 9.17) is 9.47 Å². The SMILES string of the molecule is COc1ccc(S(=O)(=O)N[C@H](C)c2ccccc2OC)cc1C(=O)N1CCCC1. The number of ether oxygens (including phenoxy) is 2. The second-order valence-electron chi connectivity index (χ2n) is 6.95. The van der Waals surface area contributed by atoms with Crippen molar-refractivity contribution in [2.45, 2.75) is 30.7 Å². The van der Waals surface area contributed by atoms with Crippen LogP contribution in [0.1, 0.15) is 41.7 Å². The highest BCUT2D eigenvalue weighted by atomic mass is 32.2. The summed E-state index contributed by atoms with van der Waals surface area (Å²) in [5.74, 6) is 0.745. The van der Waals surface area contributed by atoms with Gasteiger partial charge in [0.2, 0.25) is 10.0 Å². The van der Waals surface area contributed by atoms with E-state index in [1.807, 2.05) is 18.2 Å². The lowest BCUT2D eigenvalue weighted by molar-refractivity contribution is 0.0789. The maximum absolute atomic E-state index is 13.0. The molecule has 1 amide bonds. The van der Waals surface area contributed by atoms with Crippen LogP contribution in [-0.2, 0) is 10.0 Å². The number of rotatable bonds is 7. The van der Waals surface area contributed by atoms with E-state index in [2.05, 4.69) is 4.72 Å². The number of nitrogens with one attached hydrogen (secondary N) is 1. The summed E-state index contributed by atoms with van der Waals surface area (Å²) in [4.78, 5) is 14.6. The van der Waals surface area contributed by atoms with E-state index < -0.39 is 16.1 Å². The minimum atomic E-state index is -3.87. The van der Waals surface area contributed by atoms with Gasteiger partial charge in [0.05, 0.1) is 24.7 Å². The molecule has 3 rings (SSSR count). The van der Waals surface area contributed by atoms with Gasteiger partial charge in [-0.05, 0) is 44.0 Å². The van der Waals surface area contributed by atoms with Crippen LogP contribution in [0.4, 0.5) is 0 Å². The van der Waals surface area contributed by atoms with Crippen LogP contribution in [0, 0.1) is 0 Å². The highest BCUT2D eigenvalue weighted by Crippen LogP contribution is 2.28. The molecule has 7 nitrogen and oxygen atoms in total. The van der Waals surface area contributed by atoms with Crippen molar-refractivity contribution in [2.75, 3.05) is 27.3 Å². The summed E-state index contributed by atoms with van der Waals surface area (Å²) in [6.45, 7) is 3.08. The largest absolute Gasteiger partial charge is 0.496 e. The molecule has 1 saturated heterocycles. The van der Waals surface area contributed by atoms with Crippen molar-refractivity contribution in [1.29, 1.82) is 0 Å². The number of carbonyl (C=O) groups excluding carboxylic acids is 1. The molecule has 2 aromatic rings. The van der Waals surface area contributed by atoms with Gasteiger partial charge in [-0.2, -0.15) is 0 Å². The number of likely N-dealkylation sites (tertiary alicyclic amines) is 1. The molecule has 0 saturated carbocycles. The van der Waals surface area contributed by atoms with Gasteiger partial charge in [0.15, 0.2) is 0 Å². The van der Waals surface area contributed by atoms with Crippen LogP contribution in [0.2, 0.25) is 0 Å². The normalized spacial score (nSPS) is 15.2. The Bertz CT molecular complexity index is 984. The fourth-order valence-corrected chi connectivity index (χ4v) is 4.75. The average Bonchev–Trinajstić information content (AvgIpc) is 3.27. The Kier molecular flexibility index (Phi) is 6.44. The van der Waals surface area contributed by atoms with Crippen molar-refractivity contribution in [2.24, 2.45) is 0 Å². The van der Waals surface area contributed by atoms with Gasteiger partial charge in [-0.25, -0.2) is 13.1 Å². The first-order valence-corrected chi connectivity index (χ1v) is 11.0. The summed E-state index contributed by atoms with van der Waals surface area (Å²) < 4.78 is 39.3. The van der Waals surface area contributed by atoms with Crippen molar-refractivity contribution in [3.63, 3.8) is 0 Å². The van der Waals surface area contributed by atoms with Gasteiger partial charge in [-0.15, -0.1) is 0 Å². The summed E-state index contributed by atoms with van der Waals surface area (Å²) in [6, 6.07) is 11.1. The van der Waals surface area contributed by atoms with Crippen LogP contribution in [0.5, 0.6) is 11.5 Å². The second kappa shape index (κ2) is 8.84. The average molecular weight is 419 g/mol. The summed E-state index contributed by atoms with van der Waals surface area (Å²) in [6.07, 6.45) is 1.90. The van der Waals surface area contributed by atoms with Crippen LogP contribution >= 0.6 is 0 Å². The number of sulfonamides is 1. The Balaban J connectivity index is 1.90. The Hall–Kier alpha value is -2.58. The van der Waals surface area contributed by atoms with Gasteiger partial charge in [0.1, 0.15) is 11.5 Å². The number of benzene rings is 2. The number of amides is 1. The molecular weight excluding hydrogens is 392 g/mol. The van der Waals surface area contributed by atoms with Crippen molar-refractivity contribution in [3.8, 4) is 11.5 Å². The third-order valence-electron chi connectivity index (χ3n) is 5.04. The number of carbonyl (C=O) groups is 1. The molecule has 0 radical (unpaired) electrons. The Morgan fingerprint density at radius 2 is 1.69 bits per heavy atom. The number of hydrogen-bond donors (Lipinski definition) is 1. The molecule has 0 aliphatic carbocycles. The van der Waals surface area contributed by atoms with E-state index in [1.54, 1.807) is 25.0 Å². The Labute approximate surface area is 171 Å². The number of hydrogen-bond acceptors (Lipinski definition) is 5. The second-order valence-corrected chi connectivity index (χ2v) is 8.66. The van der Waals surface area contributed by atoms with E-state index in [-0.39, 0.29) is 16.4 Å². The van der Waals surface area contributed by atoms with Crippen LogP contribution in [0.25, 0.3) is 0 Å². The summed E-state index contributed by atoms with van der Waals surface area (Å²) in [7, 11) is -0.863. The molecule has 0 aromatic heterocycles. The smallest absolute Gasteiger partial charge is 0.257 e. The minimum absolute atomic E-state index is 0.0163. The van der Waals surface area contributed by atoms with E-state index in [0.29, 0.717) is 24.6 Å². The summed E-state index contributed by atoms with van der Waals surface area (Å²) in [5.41, 5.74) is 0.975. The molecule has 1 aliphatic rings. The Morgan fingerprint density at radius 1 is 1.03 bits per heavy atom. The molecule has 1 heterocycles. The van der Waals surface area contributed by atoms with Gasteiger partial charge in [0.25, 0.3) is 5.91 Å². The first-order valence-electron chi connectivity index (χ1n) is 9.50. The fourth-order valence-electron chi connectivity index (χ4n) is 3.50. The monoisotopic (exact) mass is 418 g/mol. The first kappa shape index (κ1) is 21.1. The van der Waals surface area contributed by atoms with Crippen LogP contribution < -0.4 is 14.2 Å². The molecule has 0 bridgehead atoms. The van der Waals surface area contributed by atoms with Crippen molar-refractivity contribution >= 4 is 15.9 Å². The van der Waals surface area contributed by atoms with Crippen molar-refractivity contribution in [3.05, 3.63) is 53.6 Å². The van der Waals surface area contributed by atoms with E-state index in [1.165, 1.54) is 25.3 Å². The van der Waals surface area contributed by atoms with Crippen molar-refractivity contribution in [1.82, 2.24) is 9.62 Å². The summed E-state index contributed by atoms with van der Waals surface area (Å²) >= 11 is 0. The maximum Gasteiger partial charge on any atom is 0.257 e. The quantitative estimate of drug-likeness (QED) is 0.747. The van der Waals surface area contributed by atoms with Crippen LogP contribution in [0.15, 0.2) is 47.4 Å². The molecule has 2 aromatic carbocycles. The molecule has 1 atom stereocenters. The van der Waals surface area contributed by atoms with Gasteiger partial charge < -0.3 is 14.4 Å². The zero-order valence-electron chi connectivity index (χ0n) is 16.8. The standard InChI is InChI=1S/C21H26N2O5S/c1-15(17-8-4-5-9-19(17)27-2)22-29(25,26)16-10-11-20(28-3)18(14-16)21(24)23-12-6-7-13-23/h4-5,8-11,14-15,22H,6-7,12-13H2,1-3H3/t15-/m1/s1. The molecule has 1 fully saturated rings. The maximum atomic E-state index is 13.0. The first-order chi connectivity index (χ1) is 13.9. The number of para-hydroxylation sites is 1. The molecule has 8 heteroatoms. The number of methoxy groups -OCH3 is 2. The Morgan fingerprint density at radius 3 is 2.34 bits per heavy atom. The third-order valence-corrected chi connectivity index (χ3v) is 6.58. The predicted molar refractivity (Wildman–Crippen MR) is 110 cm³/mol. The predicted octanol–water partition coefficient (Wildman–Crippen LogP) is 2.98. The van der Waals surface area contributed by atoms with Gasteiger partial charge in [-0.1, -0.05) is 18.2 Å². The number of nitrogens with zero attached hydrogens (tertiary/aromatic N) is 1. The molecule has 0 spiro atoms. The topological polar surface area (TPSA) is 84.9 Å². The van der Waals surface area contributed by atoms with E-state index in [0.717, 1.165) is 18.4 Å². The van der Waals surface area contributed by atoms with Crippen molar-refractivity contribution < 1.29 is 22.7 Å². The molecule has 1 N–H and O–H groups in total. The fraction of sp³-hybridized carbons (Fsp3) is 0.381. The summed E-state index contributed by atoms with van der Waals surface area (Å²) in [5, 5.41) is 0. The molecule has 1 aliphatic heterocycles. The minimum Gasteiger partial charge on any atom is -0.496 e. The molecule has 0 unspecified atom stereocenters. The lowest BCUT2D eigenvalue weighted by Crippen LogP contribution is -2.29. The molecular formula is C21H26N2O5S. The van der Waals surface area contributed by atoms with Gasteiger partial charge in [-0.3, -0.25) is 4.79 Å². The molecule has 156 valence electrons. The van der Waals surface area contributed by atoms with Crippen LogP contribution in [-0.4, -0.2) is 46.5 Å². The lowest BCUT2D eigenvalue weighted by Gasteiger charge is -2.19. The zero-order valence-corrected chi connectivity index (χ0v) is 17.7. The van der Waals surface area contributed by atoms with Gasteiger partial charge in [0, 0.05) is 24.7 Å². The van der Waals surface area contributed by atoms with E-state index >= 15 is 0 Å². The third kappa shape index (κ3) is 4.54. The zero-order chi connectivity index (χ0) is 21.0. The lowest BCUT2D eigenvalue weighted by atomic mass is 10.1. The van der Waals surface area contributed by atoms with E-state index in [9.17, 15) is 13.2 Å². The highest BCUT2D eigenvalue weighted by Gasteiger charge is 2.26.